The molecule has 138 valence electrons. The maximum absolute atomic E-state index is 12.5. The van der Waals surface area contributed by atoms with E-state index in [0.29, 0.717) is 12.1 Å². The van der Waals surface area contributed by atoms with Crippen molar-refractivity contribution in [2.24, 2.45) is 0 Å². The summed E-state index contributed by atoms with van der Waals surface area (Å²) in [4.78, 5) is 24.7. The number of hydrogen-bond donors (Lipinski definition) is 1. The van der Waals surface area contributed by atoms with Gasteiger partial charge in [0.15, 0.2) is 0 Å². The standard InChI is InChI=1S/C22H22N2O3/c1-3-16-7-10-19(11-8-16)23-22(26)18-9-12-21(25)24(15-18)14-17-5-4-6-20(13-17)27-2/h4-13,15H,3,14H2,1-2H3,(H,23,26). The van der Waals surface area contributed by atoms with Crippen LogP contribution in [0.1, 0.15) is 28.4 Å². The van der Waals surface area contributed by atoms with Crippen LogP contribution in [-0.2, 0) is 13.0 Å². The fraction of sp³-hybridized carbons (Fsp3) is 0.182. The molecule has 5 nitrogen and oxygen atoms in total. The van der Waals surface area contributed by atoms with Crippen LogP contribution in [0.15, 0.2) is 71.7 Å². The first kappa shape index (κ1) is 18.5. The van der Waals surface area contributed by atoms with E-state index in [-0.39, 0.29) is 11.5 Å². The zero-order valence-corrected chi connectivity index (χ0v) is 15.4. The van der Waals surface area contributed by atoms with Gasteiger partial charge in [0.1, 0.15) is 5.75 Å². The quantitative estimate of drug-likeness (QED) is 0.727. The number of benzene rings is 2. The monoisotopic (exact) mass is 362 g/mol. The average molecular weight is 362 g/mol. The van der Waals surface area contributed by atoms with E-state index < -0.39 is 0 Å². The Morgan fingerprint density at radius 1 is 1.04 bits per heavy atom. The SMILES string of the molecule is CCc1ccc(NC(=O)c2ccc(=O)n(Cc3cccc(OC)c3)c2)cc1. The molecule has 3 rings (SSSR count). The molecule has 0 spiro atoms. The first-order valence-corrected chi connectivity index (χ1v) is 8.82. The van der Waals surface area contributed by atoms with Gasteiger partial charge in [-0.25, -0.2) is 0 Å². The zero-order chi connectivity index (χ0) is 19.2. The Balaban J connectivity index is 1.79. The Morgan fingerprint density at radius 3 is 2.52 bits per heavy atom. The maximum Gasteiger partial charge on any atom is 0.257 e. The number of nitrogens with one attached hydrogen (secondary N) is 1. The van der Waals surface area contributed by atoms with Gasteiger partial charge < -0.3 is 14.6 Å². The van der Waals surface area contributed by atoms with Gasteiger partial charge in [-0.3, -0.25) is 9.59 Å². The molecule has 0 unspecified atom stereocenters. The molecule has 0 aliphatic rings. The van der Waals surface area contributed by atoms with Crippen molar-refractivity contribution in [3.63, 3.8) is 0 Å². The molecule has 1 N–H and O–H groups in total. The Hall–Kier alpha value is -3.34. The van der Waals surface area contributed by atoms with Crippen LogP contribution in [0.4, 0.5) is 5.69 Å². The average Bonchev–Trinajstić information content (AvgIpc) is 2.70. The first-order valence-electron chi connectivity index (χ1n) is 8.82. The lowest BCUT2D eigenvalue weighted by Crippen LogP contribution is -2.22. The molecule has 2 aromatic carbocycles. The number of anilines is 1. The van der Waals surface area contributed by atoms with E-state index in [1.165, 1.54) is 16.2 Å². The van der Waals surface area contributed by atoms with Crippen LogP contribution in [0.25, 0.3) is 0 Å². The van der Waals surface area contributed by atoms with Crippen LogP contribution in [0.2, 0.25) is 0 Å². The van der Waals surface area contributed by atoms with E-state index in [4.69, 9.17) is 4.74 Å². The predicted octanol–water partition coefficient (Wildman–Crippen LogP) is 3.72. The summed E-state index contributed by atoms with van der Waals surface area (Å²) in [6.45, 7) is 2.45. The lowest BCUT2D eigenvalue weighted by molar-refractivity contribution is 0.102. The summed E-state index contributed by atoms with van der Waals surface area (Å²) in [6, 6.07) is 18.2. The number of aromatic nitrogens is 1. The molecular weight excluding hydrogens is 340 g/mol. The minimum Gasteiger partial charge on any atom is -0.497 e. The summed E-state index contributed by atoms with van der Waals surface area (Å²) in [5, 5.41) is 2.86. The second kappa shape index (κ2) is 8.36. The number of carbonyl (C=O) groups excluding carboxylic acids is 1. The Kier molecular flexibility index (Phi) is 5.71. The van der Waals surface area contributed by atoms with Gasteiger partial charge in [0.2, 0.25) is 0 Å². The van der Waals surface area contributed by atoms with Gasteiger partial charge in [0.25, 0.3) is 11.5 Å². The normalized spacial score (nSPS) is 10.4. The van der Waals surface area contributed by atoms with Crippen molar-refractivity contribution in [2.75, 3.05) is 12.4 Å². The van der Waals surface area contributed by atoms with Crippen LogP contribution >= 0.6 is 0 Å². The van der Waals surface area contributed by atoms with Gasteiger partial charge in [0, 0.05) is 18.0 Å². The fourth-order valence-corrected chi connectivity index (χ4v) is 2.78. The molecular formula is C22H22N2O3. The molecule has 1 aromatic heterocycles. The fourth-order valence-electron chi connectivity index (χ4n) is 2.78. The molecule has 0 saturated carbocycles. The number of methoxy groups -OCH3 is 1. The van der Waals surface area contributed by atoms with E-state index in [9.17, 15) is 9.59 Å². The molecule has 0 bridgehead atoms. The lowest BCUT2D eigenvalue weighted by atomic mass is 10.1. The number of hydrogen-bond acceptors (Lipinski definition) is 3. The predicted molar refractivity (Wildman–Crippen MR) is 107 cm³/mol. The van der Waals surface area contributed by atoms with Gasteiger partial charge in [-0.05, 0) is 47.9 Å². The molecule has 0 aliphatic heterocycles. The van der Waals surface area contributed by atoms with Crippen molar-refractivity contribution in [3.8, 4) is 5.75 Å². The highest BCUT2D eigenvalue weighted by Crippen LogP contribution is 2.14. The maximum atomic E-state index is 12.5. The smallest absolute Gasteiger partial charge is 0.257 e. The highest BCUT2D eigenvalue weighted by molar-refractivity contribution is 6.04. The summed E-state index contributed by atoms with van der Waals surface area (Å²) in [5.41, 5.74) is 3.12. The number of pyridine rings is 1. The molecule has 0 radical (unpaired) electrons. The van der Waals surface area contributed by atoms with E-state index >= 15 is 0 Å². The van der Waals surface area contributed by atoms with Gasteiger partial charge >= 0.3 is 0 Å². The summed E-state index contributed by atoms with van der Waals surface area (Å²) in [7, 11) is 1.60. The molecule has 5 heteroatoms. The van der Waals surface area contributed by atoms with Gasteiger partial charge in [-0.2, -0.15) is 0 Å². The van der Waals surface area contributed by atoms with E-state index in [2.05, 4.69) is 12.2 Å². The first-order chi connectivity index (χ1) is 13.1. The number of amides is 1. The largest absolute Gasteiger partial charge is 0.497 e. The summed E-state index contributed by atoms with van der Waals surface area (Å²) in [5.74, 6) is 0.476. The number of carbonyl (C=O) groups is 1. The number of nitrogens with zero attached hydrogens (tertiary/aromatic N) is 1. The van der Waals surface area contributed by atoms with Crippen molar-refractivity contribution in [3.05, 3.63) is 93.9 Å². The number of aryl methyl sites for hydroxylation is 1. The van der Waals surface area contributed by atoms with Gasteiger partial charge in [-0.1, -0.05) is 31.2 Å². The Morgan fingerprint density at radius 2 is 1.81 bits per heavy atom. The summed E-state index contributed by atoms with van der Waals surface area (Å²) < 4.78 is 6.73. The van der Waals surface area contributed by atoms with Crippen LogP contribution in [-0.4, -0.2) is 17.6 Å². The second-order valence-electron chi connectivity index (χ2n) is 6.24. The topological polar surface area (TPSA) is 60.3 Å². The van der Waals surface area contributed by atoms with Crippen molar-refractivity contribution >= 4 is 11.6 Å². The van der Waals surface area contributed by atoms with Crippen molar-refractivity contribution < 1.29 is 9.53 Å². The minimum atomic E-state index is -0.251. The lowest BCUT2D eigenvalue weighted by Gasteiger charge is -2.10. The van der Waals surface area contributed by atoms with Crippen LogP contribution in [0, 0.1) is 0 Å². The number of rotatable bonds is 6. The van der Waals surface area contributed by atoms with E-state index in [1.807, 2.05) is 48.5 Å². The third-order valence-corrected chi connectivity index (χ3v) is 4.35. The molecule has 3 aromatic rings. The molecule has 0 aliphatic carbocycles. The molecule has 0 atom stereocenters. The highest BCUT2D eigenvalue weighted by atomic mass is 16.5. The third-order valence-electron chi connectivity index (χ3n) is 4.35. The van der Waals surface area contributed by atoms with Gasteiger partial charge in [0.05, 0.1) is 19.2 Å². The molecule has 1 heterocycles. The van der Waals surface area contributed by atoms with E-state index in [0.717, 1.165) is 23.4 Å². The van der Waals surface area contributed by atoms with Crippen molar-refractivity contribution in [1.29, 1.82) is 0 Å². The van der Waals surface area contributed by atoms with E-state index in [1.54, 1.807) is 19.4 Å². The molecule has 1 amide bonds. The molecule has 0 saturated heterocycles. The number of ether oxygens (including phenoxy) is 1. The van der Waals surface area contributed by atoms with Crippen LogP contribution in [0.3, 0.4) is 0 Å². The van der Waals surface area contributed by atoms with Crippen LogP contribution < -0.4 is 15.6 Å². The van der Waals surface area contributed by atoms with Crippen LogP contribution in [0.5, 0.6) is 5.75 Å². The van der Waals surface area contributed by atoms with Crippen molar-refractivity contribution in [2.45, 2.75) is 19.9 Å². The Bertz CT molecular complexity index is 991. The highest BCUT2D eigenvalue weighted by Gasteiger charge is 2.09. The minimum absolute atomic E-state index is 0.165. The Labute approximate surface area is 158 Å². The molecule has 0 fully saturated rings. The third kappa shape index (κ3) is 4.64. The summed E-state index contributed by atoms with van der Waals surface area (Å²) in [6.07, 6.45) is 2.53. The zero-order valence-electron chi connectivity index (χ0n) is 15.4. The van der Waals surface area contributed by atoms with Gasteiger partial charge in [-0.15, -0.1) is 0 Å². The van der Waals surface area contributed by atoms with Crippen molar-refractivity contribution in [1.82, 2.24) is 4.57 Å². The second-order valence-corrected chi connectivity index (χ2v) is 6.24. The molecule has 27 heavy (non-hydrogen) atoms. The summed E-state index contributed by atoms with van der Waals surface area (Å²) >= 11 is 0.